The number of hydrogen-bond acceptors (Lipinski definition) is 6. The van der Waals surface area contributed by atoms with Crippen molar-refractivity contribution in [3.8, 4) is 0 Å². The van der Waals surface area contributed by atoms with E-state index in [2.05, 4.69) is 30.7 Å². The van der Waals surface area contributed by atoms with Gasteiger partial charge in [0.05, 0.1) is 6.20 Å². The van der Waals surface area contributed by atoms with Crippen LogP contribution in [-0.2, 0) is 6.42 Å². The molecule has 0 aliphatic heterocycles. The van der Waals surface area contributed by atoms with Gasteiger partial charge < -0.3 is 15.5 Å². The van der Waals surface area contributed by atoms with Gasteiger partial charge in [-0.3, -0.25) is 0 Å². The van der Waals surface area contributed by atoms with E-state index < -0.39 is 0 Å². The van der Waals surface area contributed by atoms with Crippen molar-refractivity contribution in [3.05, 3.63) is 65.3 Å². The summed E-state index contributed by atoms with van der Waals surface area (Å²) < 4.78 is 0. The maximum atomic E-state index is 5.90. The van der Waals surface area contributed by atoms with E-state index in [0.717, 1.165) is 22.8 Å². The van der Waals surface area contributed by atoms with Crippen molar-refractivity contribution in [2.45, 2.75) is 6.42 Å². The topological polar surface area (TPSA) is 66.0 Å². The number of hydrogen-bond donors (Lipinski definition) is 2. The van der Waals surface area contributed by atoms with Gasteiger partial charge in [-0.2, -0.15) is 10.1 Å². The van der Waals surface area contributed by atoms with Gasteiger partial charge in [-0.15, -0.1) is 5.10 Å². The van der Waals surface area contributed by atoms with Crippen LogP contribution in [0.15, 0.2) is 54.7 Å². The quantitative estimate of drug-likeness (QED) is 0.657. The number of rotatable bonds is 7. The zero-order chi connectivity index (χ0) is 18.4. The summed E-state index contributed by atoms with van der Waals surface area (Å²) in [4.78, 5) is 6.50. The standard InChI is InChI=1S/C19H21ClN6/c1-26(2)17-9-7-16(8-10-17)23-18-13-22-25-19(24-18)21-12-11-14-3-5-15(20)6-4-14/h3-10,13H,11-12H2,1-2H3,(H2,21,23,24,25). The minimum Gasteiger partial charge on any atom is -0.378 e. The first-order valence-corrected chi connectivity index (χ1v) is 8.70. The first-order chi connectivity index (χ1) is 12.6. The lowest BCUT2D eigenvalue weighted by Gasteiger charge is -2.13. The molecule has 0 bridgehead atoms. The molecule has 3 aromatic rings. The maximum Gasteiger partial charge on any atom is 0.244 e. The number of nitrogens with one attached hydrogen (secondary N) is 2. The number of halogens is 1. The maximum absolute atomic E-state index is 5.90. The lowest BCUT2D eigenvalue weighted by atomic mass is 10.1. The molecule has 0 aliphatic carbocycles. The Morgan fingerprint density at radius 3 is 2.42 bits per heavy atom. The smallest absolute Gasteiger partial charge is 0.244 e. The molecular weight excluding hydrogens is 348 g/mol. The van der Waals surface area contributed by atoms with E-state index in [0.29, 0.717) is 18.3 Å². The van der Waals surface area contributed by atoms with E-state index in [-0.39, 0.29) is 0 Å². The Kier molecular flexibility index (Phi) is 5.86. The van der Waals surface area contributed by atoms with Crippen LogP contribution in [-0.4, -0.2) is 35.8 Å². The summed E-state index contributed by atoms with van der Waals surface area (Å²) in [6, 6.07) is 15.9. The Labute approximate surface area is 158 Å². The van der Waals surface area contributed by atoms with E-state index in [1.165, 1.54) is 5.56 Å². The van der Waals surface area contributed by atoms with Gasteiger partial charge in [0.25, 0.3) is 0 Å². The summed E-state index contributed by atoms with van der Waals surface area (Å²) in [7, 11) is 4.03. The van der Waals surface area contributed by atoms with E-state index >= 15 is 0 Å². The molecule has 0 spiro atoms. The summed E-state index contributed by atoms with van der Waals surface area (Å²) in [5.74, 6) is 1.14. The molecule has 0 atom stereocenters. The van der Waals surface area contributed by atoms with Crippen LogP contribution in [0, 0.1) is 0 Å². The van der Waals surface area contributed by atoms with E-state index in [4.69, 9.17) is 11.6 Å². The highest BCUT2D eigenvalue weighted by molar-refractivity contribution is 6.30. The first-order valence-electron chi connectivity index (χ1n) is 8.32. The molecule has 26 heavy (non-hydrogen) atoms. The van der Waals surface area contributed by atoms with Gasteiger partial charge in [-0.05, 0) is 48.4 Å². The first kappa shape index (κ1) is 17.9. The zero-order valence-corrected chi connectivity index (χ0v) is 15.5. The Balaban J connectivity index is 1.56. The van der Waals surface area contributed by atoms with Crippen LogP contribution < -0.4 is 15.5 Å². The SMILES string of the molecule is CN(C)c1ccc(Nc2cnnc(NCCc3ccc(Cl)cc3)n2)cc1. The van der Waals surface area contributed by atoms with Crippen LogP contribution in [0.2, 0.25) is 5.02 Å². The van der Waals surface area contributed by atoms with Gasteiger partial charge in [0.2, 0.25) is 5.95 Å². The van der Waals surface area contributed by atoms with Gasteiger partial charge >= 0.3 is 0 Å². The van der Waals surface area contributed by atoms with Crippen molar-refractivity contribution in [1.82, 2.24) is 15.2 Å². The second-order valence-electron chi connectivity index (χ2n) is 6.03. The van der Waals surface area contributed by atoms with Crippen molar-refractivity contribution in [3.63, 3.8) is 0 Å². The molecule has 3 rings (SSSR count). The van der Waals surface area contributed by atoms with Crippen LogP contribution in [0.5, 0.6) is 0 Å². The van der Waals surface area contributed by atoms with Crippen LogP contribution in [0.3, 0.4) is 0 Å². The Bertz CT molecular complexity index is 833. The molecule has 6 nitrogen and oxygen atoms in total. The van der Waals surface area contributed by atoms with E-state index in [1.54, 1.807) is 6.20 Å². The summed E-state index contributed by atoms with van der Waals surface area (Å²) in [5.41, 5.74) is 3.29. The number of aromatic nitrogens is 3. The Morgan fingerprint density at radius 2 is 1.73 bits per heavy atom. The van der Waals surface area contributed by atoms with Gasteiger partial charge in [0.15, 0.2) is 5.82 Å². The number of benzene rings is 2. The summed E-state index contributed by atoms with van der Waals surface area (Å²) in [6.07, 6.45) is 2.45. The fourth-order valence-corrected chi connectivity index (χ4v) is 2.53. The predicted molar refractivity (Wildman–Crippen MR) is 108 cm³/mol. The van der Waals surface area contributed by atoms with E-state index in [9.17, 15) is 0 Å². The third-order valence-corrected chi connectivity index (χ3v) is 4.08. The normalized spacial score (nSPS) is 10.4. The molecule has 0 unspecified atom stereocenters. The lowest BCUT2D eigenvalue weighted by Crippen LogP contribution is -2.10. The number of nitrogens with zero attached hydrogens (tertiary/aromatic N) is 4. The third-order valence-electron chi connectivity index (χ3n) is 3.82. The van der Waals surface area contributed by atoms with Crippen LogP contribution in [0.1, 0.15) is 5.56 Å². The fraction of sp³-hybridized carbons (Fsp3) is 0.211. The molecule has 1 heterocycles. The molecule has 134 valence electrons. The second kappa shape index (κ2) is 8.49. The van der Waals surface area contributed by atoms with Crippen molar-refractivity contribution in [2.24, 2.45) is 0 Å². The van der Waals surface area contributed by atoms with Crippen LogP contribution >= 0.6 is 11.6 Å². The Hall–Kier alpha value is -2.86. The van der Waals surface area contributed by atoms with Gasteiger partial charge in [0.1, 0.15) is 0 Å². The summed E-state index contributed by atoms with van der Waals surface area (Å²) >= 11 is 5.90. The van der Waals surface area contributed by atoms with Gasteiger partial charge in [-0.25, -0.2) is 0 Å². The fourth-order valence-electron chi connectivity index (χ4n) is 2.40. The number of anilines is 4. The van der Waals surface area contributed by atoms with Crippen molar-refractivity contribution < 1.29 is 0 Å². The average Bonchev–Trinajstić information content (AvgIpc) is 2.64. The molecule has 2 N–H and O–H groups in total. The molecule has 0 fully saturated rings. The third kappa shape index (κ3) is 5.07. The second-order valence-corrected chi connectivity index (χ2v) is 6.47. The molecule has 0 saturated carbocycles. The molecule has 7 heteroatoms. The highest BCUT2D eigenvalue weighted by Crippen LogP contribution is 2.19. The van der Waals surface area contributed by atoms with Crippen molar-refractivity contribution in [2.75, 3.05) is 36.2 Å². The van der Waals surface area contributed by atoms with Gasteiger partial charge in [0, 0.05) is 37.0 Å². The highest BCUT2D eigenvalue weighted by Gasteiger charge is 2.02. The Morgan fingerprint density at radius 1 is 1.00 bits per heavy atom. The molecular formula is C19H21ClN6. The van der Waals surface area contributed by atoms with Crippen molar-refractivity contribution >= 4 is 34.7 Å². The molecule has 1 aromatic heterocycles. The highest BCUT2D eigenvalue weighted by atomic mass is 35.5. The largest absolute Gasteiger partial charge is 0.378 e. The lowest BCUT2D eigenvalue weighted by molar-refractivity contribution is 0.929. The molecule has 2 aromatic carbocycles. The minimum atomic E-state index is 0.494. The molecule has 0 amide bonds. The summed E-state index contributed by atoms with van der Waals surface area (Å²) in [5, 5.41) is 15.2. The van der Waals surface area contributed by atoms with Gasteiger partial charge in [-0.1, -0.05) is 23.7 Å². The minimum absolute atomic E-state index is 0.494. The van der Waals surface area contributed by atoms with Crippen molar-refractivity contribution in [1.29, 1.82) is 0 Å². The monoisotopic (exact) mass is 368 g/mol. The summed E-state index contributed by atoms with van der Waals surface area (Å²) in [6.45, 7) is 0.713. The molecule has 0 radical (unpaired) electrons. The van der Waals surface area contributed by atoms with Crippen LogP contribution in [0.4, 0.5) is 23.1 Å². The molecule has 0 saturated heterocycles. The van der Waals surface area contributed by atoms with E-state index in [1.807, 2.05) is 62.6 Å². The average molecular weight is 369 g/mol. The zero-order valence-electron chi connectivity index (χ0n) is 14.8. The molecule has 0 aliphatic rings. The predicted octanol–water partition coefficient (Wildman–Crippen LogP) is 3.99. The van der Waals surface area contributed by atoms with Crippen LogP contribution in [0.25, 0.3) is 0 Å².